The van der Waals surface area contributed by atoms with Gasteiger partial charge in [0.05, 0.1) is 11.4 Å². The van der Waals surface area contributed by atoms with Gasteiger partial charge in [-0.05, 0) is 32.6 Å². The van der Waals surface area contributed by atoms with Crippen LogP contribution in [0.3, 0.4) is 0 Å². The molecule has 0 saturated carbocycles. The average Bonchev–Trinajstić information content (AvgIpc) is 3.24. The maximum Gasteiger partial charge on any atom is 0.219 e. The van der Waals surface area contributed by atoms with Gasteiger partial charge in [-0.1, -0.05) is 25.9 Å². The van der Waals surface area contributed by atoms with Crippen LogP contribution in [-0.2, 0) is 24.7 Å². The first-order valence-electron chi connectivity index (χ1n) is 9.21. The molecule has 0 bridgehead atoms. The van der Waals surface area contributed by atoms with E-state index in [-0.39, 0.29) is 17.1 Å². The highest BCUT2D eigenvalue weighted by Crippen LogP contribution is 2.32. The molecule has 0 unspecified atom stereocenters. The minimum absolute atomic E-state index is 0.119. The summed E-state index contributed by atoms with van der Waals surface area (Å²) in [6.45, 7) is 10.7. The Morgan fingerprint density at radius 1 is 1.19 bits per heavy atom. The van der Waals surface area contributed by atoms with Crippen molar-refractivity contribution in [2.75, 3.05) is 19.0 Å². The number of aromatic nitrogens is 4. The third-order valence-electron chi connectivity index (χ3n) is 5.13. The Morgan fingerprint density at radius 2 is 1.85 bits per heavy atom. The number of nitrogens with zero attached hydrogens (tertiary/aromatic N) is 3. The van der Waals surface area contributed by atoms with E-state index in [0.29, 0.717) is 30.6 Å². The van der Waals surface area contributed by atoms with Gasteiger partial charge in [-0.3, -0.25) is 5.10 Å². The Balaban J connectivity index is 1.82. The fraction of sp³-hybridized carbons (Fsp3) is 0.722. The van der Waals surface area contributed by atoms with Crippen molar-refractivity contribution >= 4 is 9.84 Å². The van der Waals surface area contributed by atoms with Crippen molar-refractivity contribution in [2.24, 2.45) is 5.92 Å². The second-order valence-corrected chi connectivity index (χ2v) is 11.3. The fourth-order valence-electron chi connectivity index (χ4n) is 2.95. The second-order valence-electron chi connectivity index (χ2n) is 8.68. The summed E-state index contributed by atoms with van der Waals surface area (Å²) >= 11 is 0. The summed E-state index contributed by atoms with van der Waals surface area (Å²) < 4.78 is 35.6. The van der Waals surface area contributed by atoms with E-state index in [9.17, 15) is 8.42 Å². The summed E-state index contributed by atoms with van der Waals surface area (Å²) in [6.07, 6.45) is 1.54. The van der Waals surface area contributed by atoms with Gasteiger partial charge in [-0.25, -0.2) is 13.4 Å². The lowest BCUT2D eigenvalue weighted by Gasteiger charge is -2.27. The van der Waals surface area contributed by atoms with Gasteiger partial charge in [0.2, 0.25) is 11.6 Å². The van der Waals surface area contributed by atoms with Crippen molar-refractivity contribution in [2.45, 2.75) is 57.6 Å². The first-order valence-corrected chi connectivity index (χ1v) is 10.9. The van der Waals surface area contributed by atoms with Crippen LogP contribution in [0, 0.1) is 5.92 Å². The molecule has 0 amide bonds. The highest BCUT2D eigenvalue weighted by molar-refractivity contribution is 7.92. The third kappa shape index (κ3) is 4.08. The maximum absolute atomic E-state index is 13.0. The van der Waals surface area contributed by atoms with Gasteiger partial charge >= 0.3 is 0 Å². The molecule has 3 rings (SSSR count). The molecule has 0 radical (unpaired) electrons. The van der Waals surface area contributed by atoms with Crippen LogP contribution < -0.4 is 0 Å². The number of H-pyrrole nitrogens is 1. The lowest BCUT2D eigenvalue weighted by atomic mass is 9.92. The van der Waals surface area contributed by atoms with E-state index in [2.05, 4.69) is 20.3 Å². The van der Waals surface area contributed by atoms with E-state index >= 15 is 0 Å². The zero-order valence-electron chi connectivity index (χ0n) is 16.6. The zero-order chi connectivity index (χ0) is 19.9. The smallest absolute Gasteiger partial charge is 0.219 e. The summed E-state index contributed by atoms with van der Waals surface area (Å²) in [5.41, 5.74) is 0.628. The van der Waals surface area contributed by atoms with Crippen LogP contribution in [0.5, 0.6) is 0 Å². The van der Waals surface area contributed by atoms with Crippen LogP contribution in [0.4, 0.5) is 0 Å². The molecule has 2 aromatic heterocycles. The van der Waals surface area contributed by atoms with Crippen molar-refractivity contribution in [1.82, 2.24) is 20.3 Å². The Morgan fingerprint density at radius 3 is 2.44 bits per heavy atom. The summed E-state index contributed by atoms with van der Waals surface area (Å²) in [5.74, 6) is 1.27. The Bertz CT molecular complexity index is 887. The van der Waals surface area contributed by atoms with E-state index in [1.165, 1.54) is 0 Å². The molecular formula is C18H28N4O4S. The number of ether oxygens (including phenoxy) is 1. The Kier molecular flexibility index (Phi) is 5.20. The normalized spacial score (nSPS) is 17.4. The first kappa shape index (κ1) is 20.0. The van der Waals surface area contributed by atoms with Crippen molar-refractivity contribution in [3.63, 3.8) is 0 Å². The van der Waals surface area contributed by atoms with Crippen molar-refractivity contribution in [1.29, 1.82) is 0 Å². The minimum Gasteiger partial charge on any atom is -0.381 e. The molecule has 1 N–H and O–H groups in total. The van der Waals surface area contributed by atoms with Gasteiger partial charge in [-0.2, -0.15) is 0 Å². The second kappa shape index (κ2) is 7.01. The molecule has 1 fully saturated rings. The molecule has 9 heteroatoms. The molecule has 0 aromatic carbocycles. The average molecular weight is 397 g/mol. The number of hydrogen-bond donors (Lipinski definition) is 1. The molecule has 8 nitrogen and oxygen atoms in total. The third-order valence-corrected chi connectivity index (χ3v) is 7.79. The molecule has 150 valence electrons. The summed E-state index contributed by atoms with van der Waals surface area (Å²) in [7, 11) is -3.43. The predicted octanol–water partition coefficient (Wildman–Crippen LogP) is 2.83. The van der Waals surface area contributed by atoms with E-state index < -0.39 is 14.6 Å². The number of hydrogen-bond acceptors (Lipinski definition) is 7. The highest BCUT2D eigenvalue weighted by Gasteiger charge is 2.41. The Labute approximate surface area is 160 Å². The van der Waals surface area contributed by atoms with Crippen molar-refractivity contribution in [3.05, 3.63) is 17.6 Å². The first-order chi connectivity index (χ1) is 12.5. The zero-order valence-corrected chi connectivity index (χ0v) is 17.4. The molecule has 0 spiro atoms. The van der Waals surface area contributed by atoms with E-state index in [4.69, 9.17) is 9.26 Å². The standard InChI is InChI=1S/C18H28N4O4S/c1-17(2,3)14-10-13(26-22-14)15-19-16(21-20-15)18(4,5)27(23,24)11-12-6-8-25-9-7-12/h10,12H,6-9,11H2,1-5H3,(H,19,20,21). The molecule has 0 atom stereocenters. The molecule has 1 aliphatic heterocycles. The van der Waals surface area contributed by atoms with Gasteiger partial charge in [0, 0.05) is 24.7 Å². The van der Waals surface area contributed by atoms with Crippen LogP contribution in [-0.4, -0.2) is 47.7 Å². The van der Waals surface area contributed by atoms with E-state index in [1.807, 2.05) is 20.8 Å². The van der Waals surface area contributed by atoms with Crippen LogP contribution in [0.2, 0.25) is 0 Å². The molecule has 27 heavy (non-hydrogen) atoms. The summed E-state index contributed by atoms with van der Waals surface area (Å²) in [4.78, 5) is 4.40. The number of nitrogens with one attached hydrogen (secondary N) is 1. The van der Waals surface area contributed by atoms with E-state index in [0.717, 1.165) is 18.5 Å². The quantitative estimate of drug-likeness (QED) is 0.827. The van der Waals surface area contributed by atoms with Gasteiger partial charge in [0.15, 0.2) is 9.84 Å². The van der Waals surface area contributed by atoms with Gasteiger partial charge in [0.25, 0.3) is 0 Å². The predicted molar refractivity (Wildman–Crippen MR) is 101 cm³/mol. The summed E-state index contributed by atoms with van der Waals surface area (Å²) in [6, 6.07) is 1.79. The van der Waals surface area contributed by atoms with Crippen LogP contribution in [0.25, 0.3) is 11.6 Å². The SMILES string of the molecule is CC(C)(C)c1cc(-c2n[nH]c(C(C)(C)S(=O)(=O)CC3CCOCC3)n2)on1. The summed E-state index contributed by atoms with van der Waals surface area (Å²) in [5, 5.41) is 11.0. The topological polar surface area (TPSA) is 111 Å². The van der Waals surface area contributed by atoms with Crippen LogP contribution in [0.15, 0.2) is 10.6 Å². The number of rotatable bonds is 5. The largest absolute Gasteiger partial charge is 0.381 e. The lowest BCUT2D eigenvalue weighted by molar-refractivity contribution is 0.0722. The molecule has 3 heterocycles. The molecular weight excluding hydrogens is 368 g/mol. The number of aromatic amines is 1. The van der Waals surface area contributed by atoms with Crippen LogP contribution >= 0.6 is 0 Å². The fourth-order valence-corrected chi connectivity index (χ4v) is 4.71. The number of sulfone groups is 1. The lowest BCUT2D eigenvalue weighted by Crippen LogP contribution is -2.36. The van der Waals surface area contributed by atoms with Crippen molar-refractivity contribution < 1.29 is 17.7 Å². The van der Waals surface area contributed by atoms with E-state index in [1.54, 1.807) is 19.9 Å². The van der Waals surface area contributed by atoms with Gasteiger partial charge < -0.3 is 9.26 Å². The van der Waals surface area contributed by atoms with Gasteiger partial charge in [0.1, 0.15) is 10.6 Å². The molecule has 2 aromatic rings. The van der Waals surface area contributed by atoms with Crippen LogP contribution in [0.1, 0.15) is 59.0 Å². The molecule has 1 aliphatic rings. The van der Waals surface area contributed by atoms with Gasteiger partial charge in [-0.15, -0.1) is 5.10 Å². The Hall–Kier alpha value is -1.74. The maximum atomic E-state index is 13.0. The minimum atomic E-state index is -3.43. The highest BCUT2D eigenvalue weighted by atomic mass is 32.2. The molecule has 1 saturated heterocycles. The van der Waals surface area contributed by atoms with Crippen molar-refractivity contribution in [3.8, 4) is 11.6 Å². The molecule has 0 aliphatic carbocycles. The monoisotopic (exact) mass is 396 g/mol.